The van der Waals surface area contributed by atoms with E-state index in [2.05, 4.69) is 24.7 Å². The molecule has 2 aromatic heterocycles. The Bertz CT molecular complexity index is 1420. The molecule has 3 aromatic rings. The molecule has 0 unspecified atom stereocenters. The van der Waals surface area contributed by atoms with Crippen molar-refractivity contribution in [1.29, 1.82) is 0 Å². The average molecular weight is 642 g/mol. The summed E-state index contributed by atoms with van der Waals surface area (Å²) in [5.74, 6) is 1.96. The summed E-state index contributed by atoms with van der Waals surface area (Å²) < 4.78 is 11.0. The van der Waals surface area contributed by atoms with Gasteiger partial charge in [0.05, 0.1) is 25.2 Å². The van der Waals surface area contributed by atoms with Crippen molar-refractivity contribution in [2.24, 2.45) is 5.92 Å². The Labute approximate surface area is 268 Å². The van der Waals surface area contributed by atoms with E-state index in [1.165, 1.54) is 7.11 Å². The molecule has 234 valence electrons. The van der Waals surface area contributed by atoms with E-state index >= 15 is 0 Å². The first kappa shape index (κ1) is 32.1. The number of methoxy groups -OCH3 is 1. The summed E-state index contributed by atoms with van der Waals surface area (Å²) in [5.41, 5.74) is 2.52. The fourth-order valence-corrected chi connectivity index (χ4v) is 6.14. The Hall–Kier alpha value is -3.31. The van der Waals surface area contributed by atoms with Gasteiger partial charge < -0.3 is 14.4 Å². The number of likely N-dealkylation sites (tertiary alicyclic amines) is 1. The highest BCUT2D eigenvalue weighted by Crippen LogP contribution is 2.31. The third-order valence-corrected chi connectivity index (χ3v) is 8.52. The van der Waals surface area contributed by atoms with Crippen LogP contribution in [0.25, 0.3) is 11.3 Å². The van der Waals surface area contributed by atoms with Crippen LogP contribution in [0.1, 0.15) is 38.2 Å². The highest BCUT2D eigenvalue weighted by atomic mass is 35.5. The van der Waals surface area contributed by atoms with Crippen LogP contribution in [-0.2, 0) is 20.9 Å². The van der Waals surface area contributed by atoms with Gasteiger partial charge >= 0.3 is 5.97 Å². The summed E-state index contributed by atoms with van der Waals surface area (Å²) >= 11 is 12.6. The third-order valence-electron chi connectivity index (χ3n) is 8.09. The Morgan fingerprint density at radius 3 is 2.23 bits per heavy atom. The molecular formula is C32H38Cl2N6O4. The summed E-state index contributed by atoms with van der Waals surface area (Å²) in [4.78, 5) is 43.7. The molecule has 0 bridgehead atoms. The Balaban J connectivity index is 1.28. The van der Waals surface area contributed by atoms with Gasteiger partial charge in [-0.15, -0.1) is 0 Å². The molecule has 12 heteroatoms. The summed E-state index contributed by atoms with van der Waals surface area (Å²) in [5, 5.41) is 1.05. The maximum Gasteiger partial charge on any atom is 0.305 e. The van der Waals surface area contributed by atoms with Crippen LogP contribution in [0.4, 0.5) is 5.95 Å². The maximum atomic E-state index is 11.7. The van der Waals surface area contributed by atoms with Crippen LogP contribution >= 0.6 is 23.2 Å². The van der Waals surface area contributed by atoms with Crippen molar-refractivity contribution in [1.82, 2.24) is 24.8 Å². The molecule has 2 aliphatic rings. The molecule has 2 saturated heterocycles. The molecule has 0 atom stereocenters. The molecule has 0 N–H and O–H groups in total. The molecule has 0 amide bonds. The summed E-state index contributed by atoms with van der Waals surface area (Å²) in [6.07, 6.45) is 6.27. The smallest absolute Gasteiger partial charge is 0.305 e. The molecule has 4 heterocycles. The predicted octanol–water partition coefficient (Wildman–Crippen LogP) is 5.51. The fraction of sp³-hybridized carbons (Fsp3) is 0.469. The number of anilines is 1. The lowest BCUT2D eigenvalue weighted by atomic mass is 9.93. The van der Waals surface area contributed by atoms with E-state index in [1.807, 2.05) is 24.3 Å². The average Bonchev–Trinajstić information content (AvgIpc) is 3.01. The minimum absolute atomic E-state index is 0.148. The Kier molecular flexibility index (Phi) is 11.0. The summed E-state index contributed by atoms with van der Waals surface area (Å²) in [6, 6.07) is 9.32. The van der Waals surface area contributed by atoms with Gasteiger partial charge in [-0.2, -0.15) is 0 Å². The van der Waals surface area contributed by atoms with Crippen molar-refractivity contribution in [2.45, 2.75) is 39.2 Å². The van der Waals surface area contributed by atoms with Gasteiger partial charge in [-0.3, -0.25) is 19.4 Å². The number of ketones is 1. The molecule has 2 aliphatic heterocycles. The lowest BCUT2D eigenvalue weighted by Crippen LogP contribution is -2.47. The van der Waals surface area contributed by atoms with Crippen LogP contribution in [0.2, 0.25) is 10.0 Å². The SMILES string of the molecule is COC(=O)CC1CCN(Cc2cc(Oc3cnc(N4CCN(CCC(C)=O)CC4)nc3)nc(-c3cc(Cl)cc(Cl)c3)c2)CC1. The zero-order chi connectivity index (χ0) is 31.1. The van der Waals surface area contributed by atoms with E-state index in [0.29, 0.717) is 58.6 Å². The maximum absolute atomic E-state index is 11.7. The molecule has 5 rings (SSSR count). The molecule has 2 fully saturated rings. The third kappa shape index (κ3) is 9.11. The number of rotatable bonds is 11. The Morgan fingerprint density at radius 1 is 0.909 bits per heavy atom. The quantitative estimate of drug-likeness (QED) is 0.249. The van der Waals surface area contributed by atoms with E-state index < -0.39 is 0 Å². The van der Waals surface area contributed by atoms with Crippen molar-refractivity contribution in [3.8, 4) is 22.9 Å². The zero-order valence-electron chi connectivity index (χ0n) is 25.2. The van der Waals surface area contributed by atoms with E-state index in [1.54, 1.807) is 25.4 Å². The first-order valence-corrected chi connectivity index (χ1v) is 15.7. The van der Waals surface area contributed by atoms with Crippen LogP contribution < -0.4 is 9.64 Å². The molecular weight excluding hydrogens is 603 g/mol. The van der Waals surface area contributed by atoms with Crippen LogP contribution in [0.5, 0.6) is 11.6 Å². The molecule has 44 heavy (non-hydrogen) atoms. The van der Waals surface area contributed by atoms with Crippen molar-refractivity contribution in [3.63, 3.8) is 0 Å². The number of hydrogen-bond acceptors (Lipinski definition) is 10. The first-order chi connectivity index (χ1) is 21.2. The molecule has 0 aliphatic carbocycles. The van der Waals surface area contributed by atoms with Crippen molar-refractivity contribution in [3.05, 3.63) is 58.3 Å². The number of halogens is 2. The predicted molar refractivity (Wildman–Crippen MR) is 170 cm³/mol. The van der Waals surface area contributed by atoms with E-state index in [4.69, 9.17) is 37.7 Å². The largest absolute Gasteiger partial charge is 0.469 e. The number of aromatic nitrogens is 3. The highest BCUT2D eigenvalue weighted by Gasteiger charge is 2.23. The van der Waals surface area contributed by atoms with Gasteiger partial charge in [-0.05, 0) is 68.6 Å². The van der Waals surface area contributed by atoms with Gasteiger partial charge in [0.1, 0.15) is 5.78 Å². The van der Waals surface area contributed by atoms with Gasteiger partial charge in [-0.1, -0.05) is 23.2 Å². The Morgan fingerprint density at radius 2 is 1.59 bits per heavy atom. The second-order valence-corrected chi connectivity index (χ2v) is 12.3. The highest BCUT2D eigenvalue weighted by molar-refractivity contribution is 6.35. The lowest BCUT2D eigenvalue weighted by Gasteiger charge is -2.34. The number of benzene rings is 1. The number of ether oxygens (including phenoxy) is 2. The number of pyridine rings is 1. The second-order valence-electron chi connectivity index (χ2n) is 11.5. The number of hydrogen-bond donors (Lipinski definition) is 0. The van der Waals surface area contributed by atoms with Crippen molar-refractivity contribution < 1.29 is 19.1 Å². The van der Waals surface area contributed by atoms with Gasteiger partial charge in [-0.25, -0.2) is 15.0 Å². The van der Waals surface area contributed by atoms with Gasteiger partial charge in [0, 0.05) is 73.8 Å². The van der Waals surface area contributed by atoms with Crippen molar-refractivity contribution >= 4 is 40.9 Å². The van der Waals surface area contributed by atoms with Crippen molar-refractivity contribution in [2.75, 3.05) is 57.8 Å². The van der Waals surface area contributed by atoms with Gasteiger partial charge in [0.15, 0.2) is 5.75 Å². The summed E-state index contributed by atoms with van der Waals surface area (Å²) in [6.45, 7) is 8.24. The molecule has 1 aromatic carbocycles. The van der Waals surface area contributed by atoms with Crippen LogP contribution in [-0.4, -0.2) is 89.4 Å². The number of piperazine rings is 1. The van der Waals surface area contributed by atoms with Gasteiger partial charge in [0.2, 0.25) is 11.8 Å². The number of esters is 1. The lowest BCUT2D eigenvalue weighted by molar-refractivity contribution is -0.142. The molecule has 0 spiro atoms. The van der Waals surface area contributed by atoms with Crippen LogP contribution in [0, 0.1) is 5.92 Å². The molecule has 0 saturated carbocycles. The molecule has 0 radical (unpaired) electrons. The van der Waals surface area contributed by atoms with E-state index in [-0.39, 0.29) is 11.8 Å². The van der Waals surface area contributed by atoms with E-state index in [9.17, 15) is 9.59 Å². The van der Waals surface area contributed by atoms with Crippen LogP contribution in [0.3, 0.4) is 0 Å². The first-order valence-electron chi connectivity index (χ1n) is 15.0. The standard InChI is InChI=1S/C32H38Cl2N6O4/c1-22(41)3-6-38-9-11-40(12-10-38)32-35-19-28(20-36-32)44-30-14-24(13-29(37-30)25-16-26(33)18-27(34)17-25)21-39-7-4-23(5-8-39)15-31(42)43-2/h13-14,16-20,23H,3-12,15,21H2,1-2H3. The second kappa shape index (κ2) is 15.1. The summed E-state index contributed by atoms with van der Waals surface area (Å²) in [7, 11) is 1.44. The topological polar surface area (TPSA) is 101 Å². The number of Topliss-reactive ketones (excluding diaryl/α,β-unsaturated/α-hetero) is 1. The zero-order valence-corrected chi connectivity index (χ0v) is 26.7. The molecule has 10 nitrogen and oxygen atoms in total. The fourth-order valence-electron chi connectivity index (χ4n) is 5.61. The normalized spacial score (nSPS) is 16.6. The minimum atomic E-state index is -0.148. The number of nitrogens with zero attached hydrogens (tertiary/aromatic N) is 6. The van der Waals surface area contributed by atoms with Crippen LogP contribution in [0.15, 0.2) is 42.7 Å². The number of carbonyl (C=O) groups excluding carboxylic acids is 2. The number of piperidine rings is 1. The monoisotopic (exact) mass is 640 g/mol. The minimum Gasteiger partial charge on any atom is -0.469 e. The van der Waals surface area contributed by atoms with E-state index in [0.717, 1.165) is 69.8 Å². The van der Waals surface area contributed by atoms with Gasteiger partial charge in [0.25, 0.3) is 0 Å². The number of carbonyl (C=O) groups is 2.